The fourth-order valence-electron chi connectivity index (χ4n) is 2.56. The first-order valence-corrected chi connectivity index (χ1v) is 8.57. The van der Waals surface area contributed by atoms with Gasteiger partial charge in [0.05, 0.1) is 0 Å². The molecule has 0 radical (unpaired) electrons. The van der Waals surface area contributed by atoms with Crippen molar-refractivity contribution in [3.05, 3.63) is 29.6 Å². The predicted octanol–water partition coefficient (Wildman–Crippen LogP) is 3.51. The summed E-state index contributed by atoms with van der Waals surface area (Å²) in [5.41, 5.74) is 1.88. The van der Waals surface area contributed by atoms with Crippen LogP contribution in [0.2, 0.25) is 0 Å². The minimum atomic E-state index is -0.0933. The van der Waals surface area contributed by atoms with E-state index < -0.39 is 0 Å². The van der Waals surface area contributed by atoms with E-state index in [1.165, 1.54) is 0 Å². The highest BCUT2D eigenvalue weighted by Gasteiger charge is 2.22. The number of nitrogens with zero attached hydrogens (tertiary/aromatic N) is 1. The van der Waals surface area contributed by atoms with E-state index >= 15 is 0 Å². The van der Waals surface area contributed by atoms with Crippen molar-refractivity contribution in [1.29, 1.82) is 0 Å². The van der Waals surface area contributed by atoms with Crippen molar-refractivity contribution in [1.82, 2.24) is 5.32 Å². The van der Waals surface area contributed by atoms with Crippen LogP contribution in [0.5, 0.6) is 0 Å². The molecular formula is C16H25FN2S. The second kappa shape index (κ2) is 7.32. The quantitative estimate of drug-likeness (QED) is 0.895. The zero-order chi connectivity index (χ0) is 14.5. The van der Waals surface area contributed by atoms with E-state index in [0.717, 1.165) is 35.8 Å². The predicted molar refractivity (Wildman–Crippen MR) is 87.1 cm³/mol. The molecule has 1 fully saturated rings. The molecule has 1 aromatic rings. The zero-order valence-corrected chi connectivity index (χ0v) is 13.5. The highest BCUT2D eigenvalue weighted by Crippen LogP contribution is 2.28. The van der Waals surface area contributed by atoms with E-state index in [0.29, 0.717) is 18.5 Å². The second-order valence-electron chi connectivity index (χ2n) is 5.88. The first kappa shape index (κ1) is 15.6. The molecular weight excluding hydrogens is 271 g/mol. The summed E-state index contributed by atoms with van der Waals surface area (Å²) in [6, 6.07) is 5.92. The third-order valence-electron chi connectivity index (χ3n) is 3.63. The van der Waals surface area contributed by atoms with E-state index in [1.807, 2.05) is 17.8 Å². The Labute approximate surface area is 126 Å². The molecule has 0 aromatic heterocycles. The lowest BCUT2D eigenvalue weighted by molar-refractivity contribution is 0.533. The van der Waals surface area contributed by atoms with Crippen LogP contribution < -0.4 is 10.2 Å². The summed E-state index contributed by atoms with van der Waals surface area (Å²) in [5.74, 6) is 2.73. The van der Waals surface area contributed by atoms with E-state index in [2.05, 4.69) is 37.1 Å². The van der Waals surface area contributed by atoms with Crippen molar-refractivity contribution in [2.45, 2.75) is 33.4 Å². The number of anilines is 1. The Hall–Kier alpha value is -0.740. The van der Waals surface area contributed by atoms with Crippen LogP contribution in [-0.2, 0) is 6.54 Å². The van der Waals surface area contributed by atoms with Crippen LogP contribution in [0.25, 0.3) is 0 Å². The highest BCUT2D eigenvalue weighted by molar-refractivity contribution is 7.99. The average molecular weight is 296 g/mol. The minimum Gasteiger partial charge on any atom is -0.367 e. The summed E-state index contributed by atoms with van der Waals surface area (Å²) in [4.78, 5) is 2.35. The molecule has 2 nitrogen and oxygen atoms in total. The van der Waals surface area contributed by atoms with Gasteiger partial charge in [0.2, 0.25) is 0 Å². The number of nitrogens with one attached hydrogen (secondary N) is 1. The average Bonchev–Trinajstić information content (AvgIpc) is 2.41. The van der Waals surface area contributed by atoms with Crippen LogP contribution in [0.1, 0.15) is 26.3 Å². The summed E-state index contributed by atoms with van der Waals surface area (Å²) in [6.45, 7) is 9.09. The Balaban J connectivity index is 2.16. The van der Waals surface area contributed by atoms with E-state index in [-0.39, 0.29) is 5.82 Å². The molecule has 4 heteroatoms. The first-order chi connectivity index (χ1) is 9.59. The number of thioether (sulfide) groups is 1. The van der Waals surface area contributed by atoms with Gasteiger partial charge in [-0.1, -0.05) is 19.9 Å². The van der Waals surface area contributed by atoms with Crippen molar-refractivity contribution in [2.75, 3.05) is 29.5 Å². The van der Waals surface area contributed by atoms with Crippen molar-refractivity contribution in [3.8, 4) is 0 Å². The summed E-state index contributed by atoms with van der Waals surface area (Å²) >= 11 is 1.98. The molecule has 1 aromatic carbocycles. The van der Waals surface area contributed by atoms with Crippen LogP contribution >= 0.6 is 11.8 Å². The maximum absolute atomic E-state index is 14.2. The smallest absolute Gasteiger partial charge is 0.129 e. The molecule has 1 unspecified atom stereocenters. The van der Waals surface area contributed by atoms with Gasteiger partial charge in [-0.15, -0.1) is 0 Å². The van der Waals surface area contributed by atoms with Crippen LogP contribution in [0.3, 0.4) is 0 Å². The molecule has 1 aliphatic rings. The summed E-state index contributed by atoms with van der Waals surface area (Å²) in [7, 11) is 0. The Morgan fingerprint density at radius 3 is 2.95 bits per heavy atom. The lowest BCUT2D eigenvalue weighted by Gasteiger charge is -2.36. The Kier molecular flexibility index (Phi) is 5.73. The van der Waals surface area contributed by atoms with Crippen molar-refractivity contribution in [2.24, 2.45) is 5.92 Å². The van der Waals surface area contributed by atoms with Crippen LogP contribution in [0, 0.1) is 11.7 Å². The molecule has 0 amide bonds. The van der Waals surface area contributed by atoms with Gasteiger partial charge in [-0.25, -0.2) is 4.39 Å². The minimum absolute atomic E-state index is 0.0933. The molecule has 0 spiro atoms. The fourth-order valence-corrected chi connectivity index (χ4v) is 3.58. The topological polar surface area (TPSA) is 15.3 Å². The molecule has 1 atom stereocenters. The van der Waals surface area contributed by atoms with Crippen LogP contribution in [0.4, 0.5) is 10.1 Å². The normalized spacial score (nSPS) is 19.6. The molecule has 1 heterocycles. The van der Waals surface area contributed by atoms with Crippen LogP contribution in [-0.4, -0.2) is 30.6 Å². The van der Waals surface area contributed by atoms with Gasteiger partial charge in [0.1, 0.15) is 5.82 Å². The third-order valence-corrected chi connectivity index (χ3v) is 4.81. The monoisotopic (exact) mass is 296 g/mol. The molecule has 112 valence electrons. The Morgan fingerprint density at radius 1 is 1.45 bits per heavy atom. The molecule has 0 saturated carbocycles. The van der Waals surface area contributed by atoms with Gasteiger partial charge in [-0.2, -0.15) is 11.8 Å². The van der Waals surface area contributed by atoms with Gasteiger partial charge in [-0.3, -0.25) is 0 Å². The molecule has 2 rings (SSSR count). The van der Waals surface area contributed by atoms with Gasteiger partial charge < -0.3 is 10.2 Å². The van der Waals surface area contributed by atoms with Gasteiger partial charge in [0.15, 0.2) is 0 Å². The first-order valence-electron chi connectivity index (χ1n) is 7.42. The van der Waals surface area contributed by atoms with Gasteiger partial charge in [0.25, 0.3) is 0 Å². The van der Waals surface area contributed by atoms with Gasteiger partial charge in [0, 0.05) is 41.9 Å². The number of hydrogen-bond acceptors (Lipinski definition) is 3. The number of benzene rings is 1. The van der Waals surface area contributed by atoms with E-state index in [4.69, 9.17) is 0 Å². The Morgan fingerprint density at radius 2 is 2.25 bits per heavy atom. The largest absolute Gasteiger partial charge is 0.367 e. The molecule has 0 aliphatic carbocycles. The number of rotatable bonds is 5. The standard InChI is InChI=1S/C16H25FN2S/c1-12(2)9-18-10-14-15(17)5-4-6-16(14)19-7-8-20-11-13(19)3/h4-6,12-13,18H,7-11H2,1-3H3. The molecule has 1 saturated heterocycles. The van der Waals surface area contributed by atoms with Gasteiger partial charge >= 0.3 is 0 Å². The second-order valence-corrected chi connectivity index (χ2v) is 7.03. The van der Waals surface area contributed by atoms with Crippen molar-refractivity contribution < 1.29 is 4.39 Å². The maximum atomic E-state index is 14.2. The highest BCUT2D eigenvalue weighted by atomic mass is 32.2. The van der Waals surface area contributed by atoms with E-state index in [9.17, 15) is 4.39 Å². The maximum Gasteiger partial charge on any atom is 0.129 e. The summed E-state index contributed by atoms with van der Waals surface area (Å²) < 4.78 is 14.2. The number of halogens is 1. The molecule has 1 N–H and O–H groups in total. The lowest BCUT2D eigenvalue weighted by Crippen LogP contribution is -2.41. The third kappa shape index (κ3) is 3.89. The van der Waals surface area contributed by atoms with Gasteiger partial charge in [-0.05, 0) is 31.5 Å². The summed E-state index contributed by atoms with van der Waals surface area (Å²) in [5, 5.41) is 3.36. The molecule has 0 bridgehead atoms. The van der Waals surface area contributed by atoms with E-state index in [1.54, 1.807) is 6.07 Å². The SMILES string of the molecule is CC(C)CNCc1c(F)cccc1N1CCSCC1C. The fraction of sp³-hybridized carbons (Fsp3) is 0.625. The molecule has 20 heavy (non-hydrogen) atoms. The Bertz CT molecular complexity index is 436. The van der Waals surface area contributed by atoms with Crippen molar-refractivity contribution in [3.63, 3.8) is 0 Å². The molecule has 1 aliphatic heterocycles. The van der Waals surface area contributed by atoms with Crippen molar-refractivity contribution >= 4 is 17.4 Å². The summed E-state index contributed by atoms with van der Waals surface area (Å²) in [6.07, 6.45) is 0. The zero-order valence-electron chi connectivity index (χ0n) is 12.7. The lowest BCUT2D eigenvalue weighted by atomic mass is 10.1. The van der Waals surface area contributed by atoms with Crippen LogP contribution in [0.15, 0.2) is 18.2 Å². The number of hydrogen-bond donors (Lipinski definition) is 1.